The highest BCUT2D eigenvalue weighted by Gasteiger charge is 2.23. The van der Waals surface area contributed by atoms with Gasteiger partial charge in [0, 0.05) is 42.3 Å². The number of carbonyl (C=O) groups is 1. The van der Waals surface area contributed by atoms with Crippen LogP contribution >= 0.6 is 15.9 Å². The number of benzene rings is 1. The Hall–Kier alpha value is -2.15. The van der Waals surface area contributed by atoms with Gasteiger partial charge in [-0.25, -0.2) is 0 Å². The lowest BCUT2D eigenvalue weighted by molar-refractivity contribution is 0.0746. The Morgan fingerprint density at radius 2 is 1.96 bits per heavy atom. The van der Waals surface area contributed by atoms with Crippen molar-refractivity contribution in [3.8, 4) is 5.88 Å². The summed E-state index contributed by atoms with van der Waals surface area (Å²) in [6, 6.07) is 11.2. The van der Waals surface area contributed by atoms with Gasteiger partial charge in [0.2, 0.25) is 5.88 Å². The van der Waals surface area contributed by atoms with E-state index in [1.54, 1.807) is 0 Å². The zero-order chi connectivity index (χ0) is 16.9. The van der Waals surface area contributed by atoms with E-state index in [9.17, 15) is 4.79 Å². The third kappa shape index (κ3) is 3.84. The maximum atomic E-state index is 12.6. The summed E-state index contributed by atoms with van der Waals surface area (Å²) >= 11 is 3.41. The Bertz CT molecular complexity index is 700. The molecule has 1 aromatic carbocycles. The molecule has 0 radical (unpaired) electrons. The molecule has 2 heterocycles. The number of halogens is 1. The zero-order valence-electron chi connectivity index (χ0n) is 13.5. The molecule has 7 heteroatoms. The van der Waals surface area contributed by atoms with Crippen molar-refractivity contribution in [3.05, 3.63) is 46.4 Å². The van der Waals surface area contributed by atoms with Crippen LogP contribution in [0.5, 0.6) is 5.88 Å². The van der Waals surface area contributed by atoms with Crippen LogP contribution in [0, 0.1) is 0 Å². The molecule has 126 valence electrons. The van der Waals surface area contributed by atoms with Crippen LogP contribution < -0.4 is 9.64 Å². The zero-order valence-corrected chi connectivity index (χ0v) is 15.1. The molecule has 0 N–H and O–H groups in total. The van der Waals surface area contributed by atoms with E-state index in [1.807, 2.05) is 48.2 Å². The molecule has 6 nitrogen and oxygen atoms in total. The molecule has 1 fully saturated rings. The molecule has 3 rings (SSSR count). The second-order valence-corrected chi connectivity index (χ2v) is 6.37. The third-order valence-corrected chi connectivity index (χ3v) is 4.37. The van der Waals surface area contributed by atoms with E-state index < -0.39 is 0 Å². The first kappa shape index (κ1) is 16.7. The highest BCUT2D eigenvalue weighted by atomic mass is 79.9. The van der Waals surface area contributed by atoms with Crippen molar-refractivity contribution < 1.29 is 9.53 Å². The first-order chi connectivity index (χ1) is 11.7. The summed E-state index contributed by atoms with van der Waals surface area (Å²) in [6.07, 6.45) is 0. The fraction of sp³-hybridized carbons (Fsp3) is 0.353. The molecular weight excluding hydrogens is 372 g/mol. The van der Waals surface area contributed by atoms with E-state index in [2.05, 4.69) is 31.0 Å². The lowest BCUT2D eigenvalue weighted by atomic mass is 10.2. The number of ether oxygens (including phenoxy) is 1. The molecule has 1 amide bonds. The summed E-state index contributed by atoms with van der Waals surface area (Å²) in [4.78, 5) is 16.6. The lowest BCUT2D eigenvalue weighted by Crippen LogP contribution is -2.49. The van der Waals surface area contributed by atoms with Gasteiger partial charge >= 0.3 is 0 Å². The van der Waals surface area contributed by atoms with E-state index in [-0.39, 0.29) is 5.91 Å². The Labute approximate surface area is 149 Å². The summed E-state index contributed by atoms with van der Waals surface area (Å²) in [5.41, 5.74) is 0.707. The van der Waals surface area contributed by atoms with Crippen LogP contribution in [0.2, 0.25) is 0 Å². The number of aromatic nitrogens is 2. The average Bonchev–Trinajstić information content (AvgIpc) is 2.62. The normalized spacial score (nSPS) is 14.6. The van der Waals surface area contributed by atoms with E-state index in [0.29, 0.717) is 31.1 Å². The van der Waals surface area contributed by atoms with E-state index in [1.165, 1.54) is 0 Å². The van der Waals surface area contributed by atoms with Crippen molar-refractivity contribution in [2.45, 2.75) is 6.92 Å². The van der Waals surface area contributed by atoms with Crippen LogP contribution in [0.3, 0.4) is 0 Å². The molecule has 2 aromatic rings. The molecule has 0 spiro atoms. The molecule has 1 aliphatic rings. The Morgan fingerprint density at radius 1 is 1.17 bits per heavy atom. The number of amides is 1. The van der Waals surface area contributed by atoms with E-state index in [0.717, 1.165) is 23.4 Å². The van der Waals surface area contributed by atoms with Crippen molar-refractivity contribution in [2.75, 3.05) is 37.7 Å². The number of anilines is 1. The minimum atomic E-state index is 0.0636. The summed E-state index contributed by atoms with van der Waals surface area (Å²) in [5.74, 6) is 1.41. The van der Waals surface area contributed by atoms with Crippen molar-refractivity contribution >= 4 is 27.7 Å². The number of hydrogen-bond donors (Lipinski definition) is 0. The topological polar surface area (TPSA) is 58.6 Å². The van der Waals surface area contributed by atoms with Crippen molar-refractivity contribution in [1.29, 1.82) is 0 Å². The minimum absolute atomic E-state index is 0.0636. The van der Waals surface area contributed by atoms with Crippen molar-refractivity contribution in [2.24, 2.45) is 0 Å². The second-order valence-electron chi connectivity index (χ2n) is 5.45. The van der Waals surface area contributed by atoms with Gasteiger partial charge in [-0.05, 0) is 31.2 Å². The monoisotopic (exact) mass is 390 g/mol. The van der Waals surface area contributed by atoms with E-state index in [4.69, 9.17) is 4.74 Å². The van der Waals surface area contributed by atoms with Crippen LogP contribution in [0.4, 0.5) is 5.82 Å². The third-order valence-electron chi connectivity index (χ3n) is 3.88. The van der Waals surface area contributed by atoms with Crippen molar-refractivity contribution in [3.63, 3.8) is 0 Å². The molecule has 0 unspecified atom stereocenters. The smallest absolute Gasteiger partial charge is 0.254 e. The minimum Gasteiger partial charge on any atom is -0.477 e. The number of piperazine rings is 1. The predicted octanol–water partition coefficient (Wildman–Crippen LogP) is 2.60. The summed E-state index contributed by atoms with van der Waals surface area (Å²) in [6.45, 7) is 5.30. The molecule has 0 aliphatic carbocycles. The highest BCUT2D eigenvalue weighted by Crippen LogP contribution is 2.18. The van der Waals surface area contributed by atoms with Gasteiger partial charge in [-0.2, -0.15) is 0 Å². The molecular formula is C17H19BrN4O2. The average molecular weight is 391 g/mol. The maximum Gasteiger partial charge on any atom is 0.254 e. The first-order valence-corrected chi connectivity index (χ1v) is 8.73. The van der Waals surface area contributed by atoms with Gasteiger partial charge in [0.25, 0.3) is 5.91 Å². The summed E-state index contributed by atoms with van der Waals surface area (Å²) in [5, 5.41) is 8.26. The second kappa shape index (κ2) is 7.61. The van der Waals surface area contributed by atoms with Gasteiger partial charge in [-0.1, -0.05) is 22.0 Å². The standard InChI is InChI=1S/C17H19BrN4O2/c1-2-24-16-7-6-15(19-20-16)21-8-10-22(11-9-21)17(23)13-4-3-5-14(18)12-13/h3-7,12H,2,8-11H2,1H3. The summed E-state index contributed by atoms with van der Waals surface area (Å²) in [7, 11) is 0. The van der Waals surface area contributed by atoms with Crippen LogP contribution in [0.25, 0.3) is 0 Å². The highest BCUT2D eigenvalue weighted by molar-refractivity contribution is 9.10. The van der Waals surface area contributed by atoms with Crippen LogP contribution in [0.1, 0.15) is 17.3 Å². The largest absolute Gasteiger partial charge is 0.477 e. The van der Waals surface area contributed by atoms with Gasteiger partial charge in [-0.15, -0.1) is 10.2 Å². The molecule has 1 saturated heterocycles. The molecule has 24 heavy (non-hydrogen) atoms. The molecule has 1 aromatic heterocycles. The number of carbonyl (C=O) groups excluding carboxylic acids is 1. The predicted molar refractivity (Wildman–Crippen MR) is 95.5 cm³/mol. The Morgan fingerprint density at radius 3 is 2.58 bits per heavy atom. The lowest BCUT2D eigenvalue weighted by Gasteiger charge is -2.35. The number of hydrogen-bond acceptors (Lipinski definition) is 5. The molecule has 0 atom stereocenters. The van der Waals surface area contributed by atoms with Crippen LogP contribution in [-0.4, -0.2) is 53.8 Å². The van der Waals surface area contributed by atoms with Gasteiger partial charge < -0.3 is 14.5 Å². The number of nitrogens with zero attached hydrogens (tertiary/aromatic N) is 4. The fourth-order valence-electron chi connectivity index (χ4n) is 2.65. The van der Waals surface area contributed by atoms with Crippen molar-refractivity contribution in [1.82, 2.24) is 15.1 Å². The van der Waals surface area contributed by atoms with Gasteiger partial charge in [-0.3, -0.25) is 4.79 Å². The van der Waals surface area contributed by atoms with E-state index >= 15 is 0 Å². The quantitative estimate of drug-likeness (QED) is 0.802. The molecule has 1 aliphatic heterocycles. The van der Waals surface area contributed by atoms with Gasteiger partial charge in [0.1, 0.15) is 0 Å². The fourth-order valence-corrected chi connectivity index (χ4v) is 3.05. The molecule has 0 bridgehead atoms. The maximum absolute atomic E-state index is 12.6. The first-order valence-electron chi connectivity index (χ1n) is 7.93. The SMILES string of the molecule is CCOc1ccc(N2CCN(C(=O)c3cccc(Br)c3)CC2)nn1. The van der Waals surface area contributed by atoms with Gasteiger partial charge in [0.15, 0.2) is 5.82 Å². The Kier molecular flexibility index (Phi) is 5.30. The van der Waals surface area contributed by atoms with Crippen LogP contribution in [0.15, 0.2) is 40.9 Å². The molecule has 0 saturated carbocycles. The van der Waals surface area contributed by atoms with Gasteiger partial charge in [0.05, 0.1) is 6.61 Å². The Balaban J connectivity index is 1.60. The number of rotatable bonds is 4. The van der Waals surface area contributed by atoms with Crippen LogP contribution in [-0.2, 0) is 0 Å². The summed E-state index contributed by atoms with van der Waals surface area (Å²) < 4.78 is 6.22.